The standard InChI is InChI=1S/C17H10F4N4O3S/c1-25-10-5-3-8(14(26)27)12(18)13(10)23-15(25)24-16-22-9-4-2-7(6-11(9)29-16)28-17(19,20)21/h2-6H,1H3,(H,26,27)(H,22,23,24). The van der Waals surface area contributed by atoms with Gasteiger partial charge in [0.15, 0.2) is 10.9 Å². The van der Waals surface area contributed by atoms with Crippen LogP contribution in [0, 0.1) is 5.82 Å². The lowest BCUT2D eigenvalue weighted by atomic mass is 10.2. The van der Waals surface area contributed by atoms with E-state index in [0.717, 1.165) is 23.5 Å². The van der Waals surface area contributed by atoms with Crippen molar-refractivity contribution in [1.29, 1.82) is 0 Å². The molecule has 2 heterocycles. The predicted octanol–water partition coefficient (Wildman–Crippen LogP) is 4.66. The van der Waals surface area contributed by atoms with E-state index in [4.69, 9.17) is 5.11 Å². The topological polar surface area (TPSA) is 89.3 Å². The molecule has 12 heteroatoms. The monoisotopic (exact) mass is 426 g/mol. The lowest BCUT2D eigenvalue weighted by Crippen LogP contribution is -2.16. The summed E-state index contributed by atoms with van der Waals surface area (Å²) < 4.78 is 57.3. The number of halogens is 4. The van der Waals surface area contributed by atoms with Crippen molar-refractivity contribution in [2.24, 2.45) is 7.05 Å². The maximum absolute atomic E-state index is 14.4. The van der Waals surface area contributed by atoms with E-state index >= 15 is 0 Å². The van der Waals surface area contributed by atoms with E-state index < -0.39 is 23.7 Å². The first-order valence-electron chi connectivity index (χ1n) is 7.94. The number of aryl methyl sites for hydroxylation is 1. The Hall–Kier alpha value is -3.41. The summed E-state index contributed by atoms with van der Waals surface area (Å²) in [7, 11) is 1.60. The number of rotatable bonds is 4. The third kappa shape index (κ3) is 3.53. The third-order valence-corrected chi connectivity index (χ3v) is 4.97. The third-order valence-electron chi connectivity index (χ3n) is 4.03. The van der Waals surface area contributed by atoms with E-state index in [9.17, 15) is 22.4 Å². The molecule has 2 aromatic carbocycles. The molecule has 0 fully saturated rings. The number of anilines is 2. The van der Waals surface area contributed by atoms with Gasteiger partial charge in [-0.15, -0.1) is 13.2 Å². The Bertz CT molecular complexity index is 1270. The van der Waals surface area contributed by atoms with E-state index in [2.05, 4.69) is 20.0 Å². The number of nitrogens with zero attached hydrogens (tertiary/aromatic N) is 3. The summed E-state index contributed by atoms with van der Waals surface area (Å²) in [6.45, 7) is 0. The van der Waals surface area contributed by atoms with Crippen LogP contribution >= 0.6 is 11.3 Å². The molecule has 0 radical (unpaired) electrons. The van der Waals surface area contributed by atoms with Crippen molar-refractivity contribution in [3.05, 3.63) is 41.7 Å². The zero-order valence-electron chi connectivity index (χ0n) is 14.4. The van der Waals surface area contributed by atoms with E-state index in [-0.39, 0.29) is 17.2 Å². The second-order valence-corrected chi connectivity index (χ2v) is 6.95. The maximum Gasteiger partial charge on any atom is 0.573 e. The van der Waals surface area contributed by atoms with Gasteiger partial charge < -0.3 is 19.7 Å². The largest absolute Gasteiger partial charge is 0.573 e. The Kier molecular flexibility index (Phi) is 4.30. The molecule has 0 unspecified atom stereocenters. The minimum atomic E-state index is -4.80. The van der Waals surface area contributed by atoms with Crippen LogP contribution in [0.3, 0.4) is 0 Å². The molecule has 4 aromatic rings. The lowest BCUT2D eigenvalue weighted by Gasteiger charge is -2.07. The van der Waals surface area contributed by atoms with Gasteiger partial charge in [-0.05, 0) is 24.3 Å². The quantitative estimate of drug-likeness (QED) is 0.462. The molecule has 0 aliphatic heterocycles. The molecule has 2 aromatic heterocycles. The van der Waals surface area contributed by atoms with Crippen molar-refractivity contribution < 1.29 is 32.2 Å². The molecule has 0 amide bonds. The molecule has 0 saturated carbocycles. The zero-order valence-corrected chi connectivity index (χ0v) is 15.2. The summed E-state index contributed by atoms with van der Waals surface area (Å²) in [6, 6.07) is 6.31. The number of aromatic carboxylic acids is 1. The van der Waals surface area contributed by atoms with Crippen LogP contribution in [0.1, 0.15) is 10.4 Å². The van der Waals surface area contributed by atoms with Crippen molar-refractivity contribution in [2.75, 3.05) is 5.32 Å². The summed E-state index contributed by atoms with van der Waals surface area (Å²) in [5.41, 5.74) is 0.165. The number of carboxylic acid groups (broad SMARTS) is 1. The summed E-state index contributed by atoms with van der Waals surface area (Å²) >= 11 is 1.05. The molecule has 0 aliphatic carbocycles. The number of benzene rings is 2. The Morgan fingerprint density at radius 2 is 2.00 bits per heavy atom. The minimum Gasteiger partial charge on any atom is -0.478 e. The fourth-order valence-electron chi connectivity index (χ4n) is 2.75. The summed E-state index contributed by atoms with van der Waals surface area (Å²) in [6.07, 6.45) is -4.80. The summed E-state index contributed by atoms with van der Waals surface area (Å²) in [5.74, 6) is -2.55. The zero-order chi connectivity index (χ0) is 20.9. The molecule has 7 nitrogen and oxygen atoms in total. The lowest BCUT2D eigenvalue weighted by molar-refractivity contribution is -0.274. The van der Waals surface area contributed by atoms with Crippen LogP contribution in [0.5, 0.6) is 5.75 Å². The van der Waals surface area contributed by atoms with E-state index in [0.29, 0.717) is 20.9 Å². The highest BCUT2D eigenvalue weighted by atomic mass is 32.1. The molecule has 0 spiro atoms. The van der Waals surface area contributed by atoms with Gasteiger partial charge in [0.25, 0.3) is 0 Å². The first-order chi connectivity index (χ1) is 13.6. The number of fused-ring (bicyclic) bond motifs is 2. The van der Waals surface area contributed by atoms with E-state index in [1.54, 1.807) is 7.05 Å². The number of imidazole rings is 1. The highest BCUT2D eigenvalue weighted by Crippen LogP contribution is 2.33. The normalized spacial score (nSPS) is 11.9. The molecule has 2 N–H and O–H groups in total. The van der Waals surface area contributed by atoms with Crippen molar-refractivity contribution in [1.82, 2.24) is 14.5 Å². The van der Waals surface area contributed by atoms with Crippen LogP contribution < -0.4 is 10.1 Å². The fourth-order valence-corrected chi connectivity index (χ4v) is 3.64. The van der Waals surface area contributed by atoms with Crippen molar-refractivity contribution in [3.8, 4) is 5.75 Å². The number of hydrogen-bond donors (Lipinski definition) is 2. The number of alkyl halides is 3. The smallest absolute Gasteiger partial charge is 0.478 e. The first-order valence-corrected chi connectivity index (χ1v) is 8.75. The Morgan fingerprint density at radius 3 is 2.69 bits per heavy atom. The molecule has 29 heavy (non-hydrogen) atoms. The number of carboxylic acids is 1. The summed E-state index contributed by atoms with van der Waals surface area (Å²) in [4.78, 5) is 19.4. The van der Waals surface area contributed by atoms with Crippen LogP contribution in [-0.4, -0.2) is 32.0 Å². The molecular formula is C17H10F4N4O3S. The van der Waals surface area contributed by atoms with Gasteiger partial charge in [0.1, 0.15) is 11.3 Å². The Balaban J connectivity index is 1.69. The van der Waals surface area contributed by atoms with Crippen LogP contribution in [0.2, 0.25) is 0 Å². The number of thiazole rings is 1. The van der Waals surface area contributed by atoms with E-state index in [1.165, 1.54) is 22.8 Å². The highest BCUT2D eigenvalue weighted by molar-refractivity contribution is 7.22. The van der Waals surface area contributed by atoms with Gasteiger partial charge >= 0.3 is 12.3 Å². The number of ether oxygens (including phenoxy) is 1. The van der Waals surface area contributed by atoms with Gasteiger partial charge in [0, 0.05) is 13.1 Å². The number of aromatic nitrogens is 3. The van der Waals surface area contributed by atoms with Crippen molar-refractivity contribution in [3.63, 3.8) is 0 Å². The molecule has 0 atom stereocenters. The molecule has 4 rings (SSSR count). The average Bonchev–Trinajstić information content (AvgIpc) is 3.15. The second kappa shape index (κ2) is 6.58. The molecule has 0 aliphatic rings. The second-order valence-electron chi connectivity index (χ2n) is 5.92. The van der Waals surface area contributed by atoms with E-state index in [1.807, 2.05) is 0 Å². The number of hydrogen-bond acceptors (Lipinski definition) is 6. The van der Waals surface area contributed by atoms with Gasteiger partial charge in [-0.3, -0.25) is 0 Å². The summed E-state index contributed by atoms with van der Waals surface area (Å²) in [5, 5.41) is 12.2. The molecule has 0 bridgehead atoms. The number of carbonyl (C=O) groups is 1. The first kappa shape index (κ1) is 18.9. The van der Waals surface area contributed by atoms with Crippen LogP contribution in [0.25, 0.3) is 21.3 Å². The van der Waals surface area contributed by atoms with Gasteiger partial charge in [-0.25, -0.2) is 19.2 Å². The van der Waals surface area contributed by atoms with Crippen molar-refractivity contribution >= 4 is 49.6 Å². The van der Waals surface area contributed by atoms with Gasteiger partial charge in [-0.1, -0.05) is 11.3 Å². The molecule has 0 saturated heterocycles. The fraction of sp³-hybridized carbons (Fsp3) is 0.118. The Labute approximate surface area is 163 Å². The SMILES string of the molecule is Cn1c(Nc2nc3ccc(OC(F)(F)F)cc3s2)nc2c(F)c(C(=O)O)ccc21. The predicted molar refractivity (Wildman–Crippen MR) is 97.2 cm³/mol. The van der Waals surface area contributed by atoms with Gasteiger partial charge in [0.2, 0.25) is 5.95 Å². The van der Waals surface area contributed by atoms with Crippen LogP contribution in [0.15, 0.2) is 30.3 Å². The maximum atomic E-state index is 14.4. The van der Waals surface area contributed by atoms with Gasteiger partial charge in [-0.2, -0.15) is 0 Å². The van der Waals surface area contributed by atoms with Crippen LogP contribution in [0.4, 0.5) is 28.6 Å². The number of nitrogens with one attached hydrogen (secondary N) is 1. The molecular weight excluding hydrogens is 416 g/mol. The highest BCUT2D eigenvalue weighted by Gasteiger charge is 2.31. The van der Waals surface area contributed by atoms with Gasteiger partial charge in [0.05, 0.1) is 21.3 Å². The minimum absolute atomic E-state index is 0.128. The Morgan fingerprint density at radius 1 is 1.24 bits per heavy atom. The van der Waals surface area contributed by atoms with Crippen LogP contribution in [-0.2, 0) is 7.05 Å². The van der Waals surface area contributed by atoms with Crippen molar-refractivity contribution in [2.45, 2.75) is 6.36 Å². The average molecular weight is 426 g/mol. The molecule has 150 valence electrons.